The molecule has 3 aromatic rings. The lowest BCUT2D eigenvalue weighted by atomic mass is 10.1. The molecule has 3 heteroatoms. The Balaban J connectivity index is 1.79. The summed E-state index contributed by atoms with van der Waals surface area (Å²) in [6, 6.07) is 21.6. The standard InChI is InChI=1S/C20H18O2S/c1-15-9-11-17(12-10-15)23-20(19-8-5-13-22-19)14-18(21)16-6-3-2-4-7-16/h2-13,20H,14H2,1H3/t20-/m1/s1. The maximum Gasteiger partial charge on any atom is 0.164 e. The fourth-order valence-corrected chi connectivity index (χ4v) is 3.47. The van der Waals surface area contributed by atoms with Gasteiger partial charge in [0, 0.05) is 16.9 Å². The second-order valence-electron chi connectivity index (χ2n) is 5.43. The molecule has 1 atom stereocenters. The van der Waals surface area contributed by atoms with Crippen molar-refractivity contribution < 1.29 is 9.21 Å². The fourth-order valence-electron chi connectivity index (χ4n) is 2.37. The molecule has 0 aliphatic carbocycles. The molecule has 23 heavy (non-hydrogen) atoms. The van der Waals surface area contributed by atoms with E-state index in [9.17, 15) is 4.79 Å². The third-order valence-electron chi connectivity index (χ3n) is 3.63. The zero-order valence-electron chi connectivity index (χ0n) is 12.9. The quantitative estimate of drug-likeness (QED) is 0.431. The molecule has 0 bridgehead atoms. The smallest absolute Gasteiger partial charge is 0.164 e. The summed E-state index contributed by atoms with van der Waals surface area (Å²) < 4.78 is 5.56. The number of hydrogen-bond acceptors (Lipinski definition) is 3. The summed E-state index contributed by atoms with van der Waals surface area (Å²) in [5.41, 5.74) is 1.97. The second kappa shape index (κ2) is 7.34. The SMILES string of the molecule is Cc1ccc(S[C@H](CC(=O)c2ccccc2)c2ccco2)cc1. The maximum absolute atomic E-state index is 12.5. The summed E-state index contributed by atoms with van der Waals surface area (Å²) in [7, 11) is 0. The van der Waals surface area contributed by atoms with E-state index in [1.807, 2.05) is 42.5 Å². The molecule has 0 saturated heterocycles. The summed E-state index contributed by atoms with van der Waals surface area (Å²) >= 11 is 1.66. The number of rotatable bonds is 6. The third kappa shape index (κ3) is 4.14. The van der Waals surface area contributed by atoms with Crippen LogP contribution in [-0.4, -0.2) is 5.78 Å². The molecule has 2 nitrogen and oxygen atoms in total. The van der Waals surface area contributed by atoms with Crippen LogP contribution >= 0.6 is 11.8 Å². The van der Waals surface area contributed by atoms with Crippen LogP contribution in [0.25, 0.3) is 0 Å². The zero-order chi connectivity index (χ0) is 16.1. The van der Waals surface area contributed by atoms with Gasteiger partial charge in [0.1, 0.15) is 5.76 Å². The van der Waals surface area contributed by atoms with E-state index in [4.69, 9.17) is 4.42 Å². The molecule has 0 aliphatic rings. The van der Waals surface area contributed by atoms with Gasteiger partial charge in [0.2, 0.25) is 0 Å². The summed E-state index contributed by atoms with van der Waals surface area (Å²) in [5.74, 6) is 0.964. The van der Waals surface area contributed by atoms with Gasteiger partial charge in [-0.2, -0.15) is 0 Å². The van der Waals surface area contributed by atoms with Gasteiger partial charge in [-0.25, -0.2) is 0 Å². The largest absolute Gasteiger partial charge is 0.468 e. The van der Waals surface area contributed by atoms with Crippen molar-refractivity contribution in [1.29, 1.82) is 0 Å². The first-order chi connectivity index (χ1) is 11.2. The first kappa shape index (κ1) is 15.6. The fraction of sp³-hybridized carbons (Fsp3) is 0.150. The van der Waals surface area contributed by atoms with Crippen molar-refractivity contribution >= 4 is 17.5 Å². The van der Waals surface area contributed by atoms with Crippen molar-refractivity contribution in [1.82, 2.24) is 0 Å². The lowest BCUT2D eigenvalue weighted by Gasteiger charge is -2.14. The van der Waals surface area contributed by atoms with Crippen LogP contribution < -0.4 is 0 Å². The molecule has 1 aromatic heterocycles. The van der Waals surface area contributed by atoms with Gasteiger partial charge >= 0.3 is 0 Å². The molecule has 0 spiro atoms. The van der Waals surface area contributed by atoms with E-state index in [1.54, 1.807) is 18.0 Å². The third-order valence-corrected chi connectivity index (χ3v) is 4.85. The molecule has 116 valence electrons. The number of ketones is 1. The Kier molecular flexibility index (Phi) is 4.99. The van der Waals surface area contributed by atoms with Gasteiger partial charge in [-0.1, -0.05) is 48.0 Å². The first-order valence-electron chi connectivity index (χ1n) is 7.57. The van der Waals surface area contributed by atoms with Crippen LogP contribution in [0, 0.1) is 6.92 Å². The van der Waals surface area contributed by atoms with E-state index in [-0.39, 0.29) is 11.0 Å². The average molecular weight is 322 g/mol. The van der Waals surface area contributed by atoms with E-state index in [2.05, 4.69) is 31.2 Å². The Morgan fingerprint density at radius 3 is 2.39 bits per heavy atom. The highest BCUT2D eigenvalue weighted by Crippen LogP contribution is 2.38. The Morgan fingerprint density at radius 1 is 1.00 bits per heavy atom. The highest BCUT2D eigenvalue weighted by atomic mass is 32.2. The van der Waals surface area contributed by atoms with Gasteiger partial charge in [-0.05, 0) is 31.2 Å². The summed E-state index contributed by atoms with van der Waals surface area (Å²) in [5, 5.41) is -0.0274. The molecular weight excluding hydrogens is 304 g/mol. The van der Waals surface area contributed by atoms with Gasteiger partial charge in [0.05, 0.1) is 11.5 Å². The number of carbonyl (C=O) groups is 1. The molecule has 0 unspecified atom stereocenters. The first-order valence-corrected chi connectivity index (χ1v) is 8.45. The monoisotopic (exact) mass is 322 g/mol. The van der Waals surface area contributed by atoms with Crippen LogP contribution in [0.2, 0.25) is 0 Å². The van der Waals surface area contributed by atoms with Gasteiger partial charge in [0.25, 0.3) is 0 Å². The van der Waals surface area contributed by atoms with E-state index < -0.39 is 0 Å². The Hall–Kier alpha value is -2.26. The Bertz CT molecular complexity index is 746. The molecule has 1 heterocycles. The van der Waals surface area contributed by atoms with Crippen LogP contribution in [0.1, 0.15) is 33.4 Å². The number of thioether (sulfide) groups is 1. The summed E-state index contributed by atoms with van der Waals surface area (Å²) in [6.45, 7) is 2.07. The van der Waals surface area contributed by atoms with Gasteiger partial charge in [0.15, 0.2) is 5.78 Å². The van der Waals surface area contributed by atoms with E-state index in [0.29, 0.717) is 6.42 Å². The predicted molar refractivity (Wildman–Crippen MR) is 93.9 cm³/mol. The number of benzene rings is 2. The normalized spacial score (nSPS) is 12.0. The molecule has 0 fully saturated rings. The van der Waals surface area contributed by atoms with E-state index >= 15 is 0 Å². The van der Waals surface area contributed by atoms with Crippen molar-refractivity contribution in [2.45, 2.75) is 23.5 Å². The molecule has 0 radical (unpaired) electrons. The van der Waals surface area contributed by atoms with Crippen molar-refractivity contribution in [2.24, 2.45) is 0 Å². The van der Waals surface area contributed by atoms with Crippen molar-refractivity contribution in [3.8, 4) is 0 Å². The van der Waals surface area contributed by atoms with E-state index in [1.165, 1.54) is 5.56 Å². The lowest BCUT2D eigenvalue weighted by Crippen LogP contribution is -2.04. The van der Waals surface area contributed by atoms with Crippen molar-refractivity contribution in [2.75, 3.05) is 0 Å². The maximum atomic E-state index is 12.5. The zero-order valence-corrected chi connectivity index (χ0v) is 13.8. The van der Waals surface area contributed by atoms with Crippen molar-refractivity contribution in [3.05, 3.63) is 89.9 Å². The molecular formula is C20H18O2S. The van der Waals surface area contributed by atoms with Gasteiger partial charge < -0.3 is 4.42 Å². The van der Waals surface area contributed by atoms with Crippen LogP contribution in [0.15, 0.2) is 82.3 Å². The topological polar surface area (TPSA) is 30.2 Å². The Morgan fingerprint density at radius 2 is 1.74 bits per heavy atom. The lowest BCUT2D eigenvalue weighted by molar-refractivity contribution is 0.0980. The molecule has 0 aliphatic heterocycles. The van der Waals surface area contributed by atoms with Gasteiger partial charge in [-0.15, -0.1) is 11.8 Å². The van der Waals surface area contributed by atoms with Crippen LogP contribution in [-0.2, 0) is 0 Å². The highest BCUT2D eigenvalue weighted by molar-refractivity contribution is 7.99. The number of hydrogen-bond donors (Lipinski definition) is 0. The summed E-state index contributed by atoms with van der Waals surface area (Å²) in [6.07, 6.45) is 2.07. The van der Waals surface area contributed by atoms with Gasteiger partial charge in [-0.3, -0.25) is 4.79 Å². The number of carbonyl (C=O) groups excluding carboxylic acids is 1. The second-order valence-corrected chi connectivity index (χ2v) is 6.70. The number of aryl methyl sites for hydroxylation is 1. The Labute approximate surface area is 140 Å². The number of Topliss-reactive ketones (excluding diaryl/α,β-unsaturated/α-hetero) is 1. The highest BCUT2D eigenvalue weighted by Gasteiger charge is 2.20. The molecule has 2 aromatic carbocycles. The van der Waals surface area contributed by atoms with Crippen LogP contribution in [0.4, 0.5) is 0 Å². The molecule has 3 rings (SSSR count). The molecule has 0 amide bonds. The van der Waals surface area contributed by atoms with Crippen LogP contribution in [0.3, 0.4) is 0 Å². The minimum atomic E-state index is -0.0274. The van der Waals surface area contributed by atoms with E-state index in [0.717, 1.165) is 16.2 Å². The molecule has 0 N–H and O–H groups in total. The minimum absolute atomic E-state index is 0.0274. The molecule has 0 saturated carbocycles. The summed E-state index contributed by atoms with van der Waals surface area (Å²) in [4.78, 5) is 13.7. The average Bonchev–Trinajstić information content (AvgIpc) is 3.11. The van der Waals surface area contributed by atoms with Crippen LogP contribution in [0.5, 0.6) is 0 Å². The number of furan rings is 1. The predicted octanol–water partition coefficient (Wildman–Crippen LogP) is 5.69. The minimum Gasteiger partial charge on any atom is -0.468 e. The van der Waals surface area contributed by atoms with Crippen molar-refractivity contribution in [3.63, 3.8) is 0 Å².